The average Bonchev–Trinajstić information content (AvgIpc) is 2.41. The van der Waals surface area contributed by atoms with Gasteiger partial charge < -0.3 is 9.64 Å². The van der Waals surface area contributed by atoms with Crippen LogP contribution in [0.5, 0.6) is 0 Å². The fourth-order valence-electron chi connectivity index (χ4n) is 2.27. The van der Waals surface area contributed by atoms with Gasteiger partial charge in [0.05, 0.1) is 12.7 Å². The third-order valence-corrected chi connectivity index (χ3v) is 3.81. The Morgan fingerprint density at radius 3 is 2.79 bits per heavy atom. The second-order valence-electron chi connectivity index (χ2n) is 5.55. The van der Waals surface area contributed by atoms with Gasteiger partial charge in [0.2, 0.25) is 0 Å². The average molecular weight is 263 g/mol. The Kier molecular flexibility index (Phi) is 3.75. The Labute approximate surface area is 114 Å². The van der Waals surface area contributed by atoms with Crippen LogP contribution < -0.4 is 4.90 Å². The molecule has 0 bridgehead atoms. The van der Waals surface area contributed by atoms with Gasteiger partial charge in [-0.1, -0.05) is 0 Å². The summed E-state index contributed by atoms with van der Waals surface area (Å²) in [6.07, 6.45) is 1.66. The van der Waals surface area contributed by atoms with E-state index in [1.54, 1.807) is 18.3 Å². The number of ether oxygens (including phenoxy) is 1. The number of pyridine rings is 1. The van der Waals surface area contributed by atoms with Gasteiger partial charge in [0.25, 0.3) is 0 Å². The molecule has 104 valence electrons. The second kappa shape index (κ2) is 5.17. The first kappa shape index (κ1) is 13.8. The van der Waals surface area contributed by atoms with Crippen molar-refractivity contribution in [3.63, 3.8) is 0 Å². The Balaban J connectivity index is 2.21. The number of nitrogens with zero attached hydrogens (tertiary/aromatic N) is 3. The SMILES string of the molecule is COC(=O)c1ccnc(N2CCN(C)C(C)(C)C2)c1. The zero-order valence-electron chi connectivity index (χ0n) is 12.0. The van der Waals surface area contributed by atoms with E-state index in [9.17, 15) is 4.79 Å². The quantitative estimate of drug-likeness (QED) is 0.755. The minimum atomic E-state index is -0.322. The minimum absolute atomic E-state index is 0.0984. The molecule has 5 heteroatoms. The third kappa shape index (κ3) is 2.87. The van der Waals surface area contributed by atoms with Gasteiger partial charge >= 0.3 is 5.97 Å². The summed E-state index contributed by atoms with van der Waals surface area (Å²) in [7, 11) is 3.52. The van der Waals surface area contributed by atoms with E-state index in [1.165, 1.54) is 7.11 Å². The van der Waals surface area contributed by atoms with Gasteiger partial charge in [-0.2, -0.15) is 0 Å². The number of hydrogen-bond donors (Lipinski definition) is 0. The lowest BCUT2D eigenvalue weighted by Crippen LogP contribution is -2.57. The highest BCUT2D eigenvalue weighted by Gasteiger charge is 2.31. The summed E-state index contributed by atoms with van der Waals surface area (Å²) >= 11 is 0. The maximum atomic E-state index is 11.6. The maximum absolute atomic E-state index is 11.6. The van der Waals surface area contributed by atoms with E-state index in [0.717, 1.165) is 25.5 Å². The predicted octanol–water partition coefficient (Wildman–Crippen LogP) is 1.40. The molecule has 0 radical (unpaired) electrons. The van der Waals surface area contributed by atoms with Gasteiger partial charge in [0.15, 0.2) is 0 Å². The van der Waals surface area contributed by atoms with Crippen molar-refractivity contribution in [2.24, 2.45) is 0 Å². The Morgan fingerprint density at radius 1 is 1.42 bits per heavy atom. The number of carbonyl (C=O) groups is 1. The molecule has 0 atom stereocenters. The topological polar surface area (TPSA) is 45.7 Å². The van der Waals surface area contributed by atoms with Crippen LogP contribution >= 0.6 is 0 Å². The van der Waals surface area contributed by atoms with Crippen LogP contribution in [-0.2, 0) is 4.74 Å². The molecular formula is C14H21N3O2. The first-order valence-electron chi connectivity index (χ1n) is 6.44. The molecule has 0 saturated carbocycles. The van der Waals surface area contributed by atoms with Crippen molar-refractivity contribution in [1.82, 2.24) is 9.88 Å². The van der Waals surface area contributed by atoms with E-state index in [4.69, 9.17) is 4.74 Å². The summed E-state index contributed by atoms with van der Waals surface area (Å²) in [5.74, 6) is 0.515. The van der Waals surface area contributed by atoms with E-state index in [-0.39, 0.29) is 11.5 Å². The molecular weight excluding hydrogens is 242 g/mol. The first-order chi connectivity index (χ1) is 8.94. The maximum Gasteiger partial charge on any atom is 0.338 e. The molecule has 2 rings (SSSR count). The van der Waals surface area contributed by atoms with E-state index >= 15 is 0 Å². The fourth-order valence-corrected chi connectivity index (χ4v) is 2.27. The highest BCUT2D eigenvalue weighted by molar-refractivity contribution is 5.90. The van der Waals surface area contributed by atoms with E-state index in [0.29, 0.717) is 5.56 Å². The molecule has 1 fully saturated rings. The molecule has 19 heavy (non-hydrogen) atoms. The largest absolute Gasteiger partial charge is 0.465 e. The zero-order chi connectivity index (χ0) is 14.0. The Hall–Kier alpha value is -1.62. The van der Waals surface area contributed by atoms with Crippen molar-refractivity contribution in [3.05, 3.63) is 23.9 Å². The normalized spacial score (nSPS) is 19.3. The van der Waals surface area contributed by atoms with Crippen LogP contribution in [0.25, 0.3) is 0 Å². The van der Waals surface area contributed by atoms with Crippen molar-refractivity contribution in [2.45, 2.75) is 19.4 Å². The fraction of sp³-hybridized carbons (Fsp3) is 0.571. The number of hydrogen-bond acceptors (Lipinski definition) is 5. The summed E-state index contributed by atoms with van der Waals surface area (Å²) < 4.78 is 4.74. The summed E-state index contributed by atoms with van der Waals surface area (Å²) in [4.78, 5) is 20.5. The van der Waals surface area contributed by atoms with Crippen LogP contribution in [0.15, 0.2) is 18.3 Å². The summed E-state index contributed by atoms with van der Waals surface area (Å²) in [5.41, 5.74) is 0.644. The van der Waals surface area contributed by atoms with Gasteiger partial charge in [-0.05, 0) is 33.0 Å². The smallest absolute Gasteiger partial charge is 0.338 e. The number of esters is 1. The van der Waals surface area contributed by atoms with Gasteiger partial charge in [0, 0.05) is 31.4 Å². The lowest BCUT2D eigenvalue weighted by Gasteiger charge is -2.45. The molecule has 1 saturated heterocycles. The Bertz CT molecular complexity index is 474. The number of carbonyl (C=O) groups excluding carboxylic acids is 1. The highest BCUT2D eigenvalue weighted by atomic mass is 16.5. The number of aromatic nitrogens is 1. The van der Waals surface area contributed by atoms with Crippen LogP contribution in [0.3, 0.4) is 0 Å². The van der Waals surface area contributed by atoms with Gasteiger partial charge in [-0.15, -0.1) is 0 Å². The van der Waals surface area contributed by atoms with Crippen molar-refractivity contribution < 1.29 is 9.53 Å². The standard InChI is InChI=1S/C14H21N3O2/c1-14(2)10-17(8-7-16(14)3)12-9-11(5-6-15-12)13(18)19-4/h5-6,9H,7-8,10H2,1-4H3. The van der Waals surface area contributed by atoms with E-state index in [2.05, 4.69) is 35.7 Å². The number of likely N-dealkylation sites (N-methyl/N-ethyl adjacent to an activating group) is 1. The third-order valence-electron chi connectivity index (χ3n) is 3.81. The summed E-state index contributed by atoms with van der Waals surface area (Å²) in [5, 5.41) is 0. The molecule has 0 unspecified atom stereocenters. The molecule has 0 aromatic carbocycles. The van der Waals surface area contributed by atoms with Crippen LogP contribution in [0.2, 0.25) is 0 Å². The van der Waals surface area contributed by atoms with Crippen LogP contribution in [0.1, 0.15) is 24.2 Å². The van der Waals surface area contributed by atoms with Gasteiger partial charge in [-0.3, -0.25) is 4.90 Å². The second-order valence-corrected chi connectivity index (χ2v) is 5.55. The van der Waals surface area contributed by atoms with Crippen molar-refractivity contribution in [3.8, 4) is 0 Å². The predicted molar refractivity (Wildman–Crippen MR) is 74.5 cm³/mol. The van der Waals surface area contributed by atoms with E-state index in [1.807, 2.05) is 0 Å². The van der Waals surface area contributed by atoms with Crippen molar-refractivity contribution >= 4 is 11.8 Å². The van der Waals surface area contributed by atoms with Crippen molar-refractivity contribution in [1.29, 1.82) is 0 Å². The number of piperazine rings is 1. The number of rotatable bonds is 2. The first-order valence-corrected chi connectivity index (χ1v) is 6.44. The molecule has 1 aliphatic rings. The zero-order valence-corrected chi connectivity index (χ0v) is 12.0. The molecule has 5 nitrogen and oxygen atoms in total. The lowest BCUT2D eigenvalue weighted by atomic mass is 10.00. The van der Waals surface area contributed by atoms with Gasteiger partial charge in [-0.25, -0.2) is 9.78 Å². The number of anilines is 1. The van der Waals surface area contributed by atoms with Crippen LogP contribution in [0.4, 0.5) is 5.82 Å². The highest BCUT2D eigenvalue weighted by Crippen LogP contribution is 2.23. The molecule has 0 amide bonds. The Morgan fingerprint density at radius 2 is 2.16 bits per heavy atom. The lowest BCUT2D eigenvalue weighted by molar-refractivity contribution is 0.0600. The molecule has 0 spiro atoms. The monoisotopic (exact) mass is 263 g/mol. The van der Waals surface area contributed by atoms with Crippen molar-refractivity contribution in [2.75, 3.05) is 38.7 Å². The van der Waals surface area contributed by atoms with E-state index < -0.39 is 0 Å². The molecule has 0 N–H and O–H groups in total. The summed E-state index contributed by atoms with van der Waals surface area (Å²) in [6, 6.07) is 3.48. The molecule has 1 aliphatic heterocycles. The molecule has 0 aliphatic carbocycles. The molecule has 1 aromatic heterocycles. The van der Waals surface area contributed by atoms with Crippen LogP contribution in [-0.4, -0.2) is 55.2 Å². The summed E-state index contributed by atoms with van der Waals surface area (Å²) in [6.45, 7) is 7.21. The minimum Gasteiger partial charge on any atom is -0.465 e. The molecule has 1 aromatic rings. The molecule has 2 heterocycles. The van der Waals surface area contributed by atoms with Gasteiger partial charge in [0.1, 0.15) is 5.82 Å². The van der Waals surface area contributed by atoms with Crippen LogP contribution in [0, 0.1) is 0 Å². The number of methoxy groups -OCH3 is 1.